The SMILES string of the molecule is CCCCOCC(O)CSc1nc2ccccc2o1. The van der Waals surface area contributed by atoms with Crippen molar-refractivity contribution < 1.29 is 14.3 Å². The molecule has 1 aromatic heterocycles. The molecule has 1 unspecified atom stereocenters. The van der Waals surface area contributed by atoms with Gasteiger partial charge in [0.25, 0.3) is 5.22 Å². The van der Waals surface area contributed by atoms with Crippen molar-refractivity contribution in [1.82, 2.24) is 4.98 Å². The van der Waals surface area contributed by atoms with E-state index in [0.717, 1.165) is 23.9 Å². The third kappa shape index (κ3) is 4.53. The second-order valence-corrected chi connectivity index (χ2v) is 5.31. The molecule has 4 nitrogen and oxygen atoms in total. The van der Waals surface area contributed by atoms with Crippen LogP contribution >= 0.6 is 11.8 Å². The van der Waals surface area contributed by atoms with E-state index in [4.69, 9.17) is 9.15 Å². The van der Waals surface area contributed by atoms with Gasteiger partial charge < -0.3 is 14.3 Å². The molecule has 0 aliphatic carbocycles. The fourth-order valence-corrected chi connectivity index (χ4v) is 2.34. The number of oxazole rings is 1. The Morgan fingerprint density at radius 1 is 1.42 bits per heavy atom. The smallest absolute Gasteiger partial charge is 0.256 e. The van der Waals surface area contributed by atoms with E-state index in [-0.39, 0.29) is 0 Å². The molecule has 0 fully saturated rings. The molecule has 5 heteroatoms. The number of nitrogens with zero attached hydrogens (tertiary/aromatic N) is 1. The fraction of sp³-hybridized carbons (Fsp3) is 0.500. The number of aromatic nitrogens is 1. The molecule has 19 heavy (non-hydrogen) atoms. The highest BCUT2D eigenvalue weighted by molar-refractivity contribution is 7.99. The van der Waals surface area contributed by atoms with Crippen LogP contribution in [0.1, 0.15) is 19.8 Å². The van der Waals surface area contributed by atoms with Crippen molar-refractivity contribution in [3.05, 3.63) is 24.3 Å². The van der Waals surface area contributed by atoms with Crippen molar-refractivity contribution in [2.45, 2.75) is 31.1 Å². The second-order valence-electron chi connectivity index (χ2n) is 4.34. The minimum Gasteiger partial charge on any atom is -0.431 e. The largest absolute Gasteiger partial charge is 0.431 e. The van der Waals surface area contributed by atoms with Crippen LogP contribution in [-0.4, -0.2) is 35.2 Å². The van der Waals surface area contributed by atoms with E-state index in [2.05, 4.69) is 11.9 Å². The maximum atomic E-state index is 9.77. The van der Waals surface area contributed by atoms with E-state index in [1.165, 1.54) is 11.8 Å². The molecular formula is C14H19NO3S. The Hall–Kier alpha value is -1.04. The van der Waals surface area contributed by atoms with Crippen molar-refractivity contribution in [2.75, 3.05) is 19.0 Å². The van der Waals surface area contributed by atoms with Gasteiger partial charge in [-0.3, -0.25) is 0 Å². The third-order valence-electron chi connectivity index (χ3n) is 2.63. The Balaban J connectivity index is 1.75. The normalized spacial score (nSPS) is 12.9. The quantitative estimate of drug-likeness (QED) is 0.595. The summed E-state index contributed by atoms with van der Waals surface area (Å²) in [6, 6.07) is 7.64. The van der Waals surface area contributed by atoms with Gasteiger partial charge in [-0.15, -0.1) is 0 Å². The van der Waals surface area contributed by atoms with E-state index in [1.54, 1.807) is 0 Å². The molecule has 2 aromatic rings. The van der Waals surface area contributed by atoms with Gasteiger partial charge >= 0.3 is 0 Å². The number of fused-ring (bicyclic) bond motifs is 1. The highest BCUT2D eigenvalue weighted by atomic mass is 32.2. The van der Waals surface area contributed by atoms with E-state index in [1.807, 2.05) is 24.3 Å². The summed E-state index contributed by atoms with van der Waals surface area (Å²) in [5, 5.41) is 10.4. The van der Waals surface area contributed by atoms with E-state index in [0.29, 0.717) is 24.2 Å². The van der Waals surface area contributed by atoms with Crippen LogP contribution in [0, 0.1) is 0 Å². The van der Waals surface area contributed by atoms with Gasteiger partial charge in [0, 0.05) is 12.4 Å². The lowest BCUT2D eigenvalue weighted by molar-refractivity contribution is 0.0472. The number of aliphatic hydroxyl groups is 1. The summed E-state index contributed by atoms with van der Waals surface area (Å²) in [6.45, 7) is 3.19. The average molecular weight is 281 g/mol. The lowest BCUT2D eigenvalue weighted by atomic mass is 10.3. The summed E-state index contributed by atoms with van der Waals surface area (Å²) in [7, 11) is 0. The Morgan fingerprint density at radius 3 is 3.05 bits per heavy atom. The zero-order chi connectivity index (χ0) is 13.5. The summed E-state index contributed by atoms with van der Waals surface area (Å²) < 4.78 is 10.9. The van der Waals surface area contributed by atoms with Gasteiger partial charge in [0.15, 0.2) is 5.58 Å². The van der Waals surface area contributed by atoms with Crippen LogP contribution in [0.4, 0.5) is 0 Å². The molecule has 0 aliphatic heterocycles. The van der Waals surface area contributed by atoms with E-state index in [9.17, 15) is 5.11 Å². The average Bonchev–Trinajstić information content (AvgIpc) is 2.84. The van der Waals surface area contributed by atoms with E-state index < -0.39 is 6.10 Å². The van der Waals surface area contributed by atoms with Gasteiger partial charge in [-0.25, -0.2) is 4.98 Å². The van der Waals surface area contributed by atoms with Gasteiger partial charge in [-0.05, 0) is 18.6 Å². The molecule has 1 heterocycles. The van der Waals surface area contributed by atoms with Gasteiger partial charge in [0.1, 0.15) is 5.52 Å². The zero-order valence-corrected chi connectivity index (χ0v) is 11.9. The standard InChI is InChI=1S/C14H19NO3S/c1-2-3-8-17-9-11(16)10-19-14-15-12-6-4-5-7-13(12)18-14/h4-7,11,16H,2-3,8-10H2,1H3. The minimum absolute atomic E-state index is 0.368. The third-order valence-corrected chi connectivity index (χ3v) is 3.60. The first-order valence-corrected chi connectivity index (χ1v) is 7.52. The van der Waals surface area contributed by atoms with Gasteiger partial charge in [0.05, 0.1) is 12.7 Å². The molecule has 0 saturated carbocycles. The first-order valence-electron chi connectivity index (χ1n) is 6.53. The van der Waals surface area contributed by atoms with Crippen molar-refractivity contribution in [1.29, 1.82) is 0 Å². The van der Waals surface area contributed by atoms with E-state index >= 15 is 0 Å². The van der Waals surface area contributed by atoms with Crippen molar-refractivity contribution >= 4 is 22.9 Å². The fourth-order valence-electron chi connectivity index (χ4n) is 1.59. The molecule has 1 aromatic carbocycles. The number of aliphatic hydroxyl groups excluding tert-OH is 1. The number of ether oxygens (including phenoxy) is 1. The molecule has 0 spiro atoms. The number of thioether (sulfide) groups is 1. The molecule has 1 N–H and O–H groups in total. The topological polar surface area (TPSA) is 55.5 Å². The molecule has 0 aliphatic rings. The number of benzene rings is 1. The van der Waals surface area contributed by atoms with Crippen LogP contribution in [0.3, 0.4) is 0 Å². The number of hydrogen-bond donors (Lipinski definition) is 1. The van der Waals surface area contributed by atoms with Crippen molar-refractivity contribution in [2.24, 2.45) is 0 Å². The summed E-state index contributed by atoms with van der Waals surface area (Å²) in [6.07, 6.45) is 1.65. The molecule has 0 saturated heterocycles. The molecule has 0 amide bonds. The highest BCUT2D eigenvalue weighted by Crippen LogP contribution is 2.23. The first-order chi connectivity index (χ1) is 9.29. The van der Waals surface area contributed by atoms with Crippen LogP contribution < -0.4 is 0 Å². The number of hydrogen-bond acceptors (Lipinski definition) is 5. The van der Waals surface area contributed by atoms with Crippen molar-refractivity contribution in [3.8, 4) is 0 Å². The predicted molar refractivity (Wildman–Crippen MR) is 76.5 cm³/mol. The first kappa shape index (κ1) is 14.4. The lowest BCUT2D eigenvalue weighted by Crippen LogP contribution is -2.18. The zero-order valence-electron chi connectivity index (χ0n) is 11.0. The monoisotopic (exact) mass is 281 g/mol. The minimum atomic E-state index is -0.489. The van der Waals surface area contributed by atoms with Crippen LogP contribution in [0.2, 0.25) is 0 Å². The molecule has 2 rings (SSSR count). The Bertz CT molecular complexity index is 467. The van der Waals surface area contributed by atoms with Gasteiger partial charge in [-0.1, -0.05) is 37.2 Å². The van der Waals surface area contributed by atoms with Crippen LogP contribution in [0.25, 0.3) is 11.1 Å². The predicted octanol–water partition coefficient (Wildman–Crippen LogP) is 3.10. The Morgan fingerprint density at radius 2 is 2.26 bits per heavy atom. The number of unbranched alkanes of at least 4 members (excludes halogenated alkanes) is 1. The van der Waals surface area contributed by atoms with Crippen LogP contribution in [0.15, 0.2) is 33.9 Å². The highest BCUT2D eigenvalue weighted by Gasteiger charge is 2.10. The Labute approximate surface area is 117 Å². The summed E-state index contributed by atoms with van der Waals surface area (Å²) in [5.74, 6) is 0.527. The van der Waals surface area contributed by atoms with Crippen molar-refractivity contribution in [3.63, 3.8) is 0 Å². The summed E-state index contributed by atoms with van der Waals surface area (Å²) in [5.41, 5.74) is 1.62. The second kappa shape index (κ2) is 7.53. The lowest BCUT2D eigenvalue weighted by Gasteiger charge is -2.09. The molecule has 0 bridgehead atoms. The Kier molecular flexibility index (Phi) is 5.69. The summed E-state index contributed by atoms with van der Waals surface area (Å²) in [4.78, 5) is 4.34. The van der Waals surface area contributed by atoms with Crippen LogP contribution in [-0.2, 0) is 4.74 Å². The summed E-state index contributed by atoms with van der Waals surface area (Å²) >= 11 is 1.41. The van der Waals surface area contributed by atoms with Gasteiger partial charge in [-0.2, -0.15) is 0 Å². The molecule has 104 valence electrons. The number of rotatable bonds is 8. The maximum absolute atomic E-state index is 9.77. The van der Waals surface area contributed by atoms with Crippen LogP contribution in [0.5, 0.6) is 0 Å². The molecule has 0 radical (unpaired) electrons. The number of para-hydroxylation sites is 2. The maximum Gasteiger partial charge on any atom is 0.256 e. The molecular weight excluding hydrogens is 262 g/mol. The van der Waals surface area contributed by atoms with Gasteiger partial charge in [0.2, 0.25) is 0 Å². The molecule has 1 atom stereocenters.